The minimum atomic E-state index is -0.510. The van der Waals surface area contributed by atoms with Crippen LogP contribution in [0.5, 0.6) is 0 Å². The molecular formula is C12H14N6O3S. The van der Waals surface area contributed by atoms with Crippen molar-refractivity contribution in [3.8, 4) is 0 Å². The second-order valence-electron chi connectivity index (χ2n) is 4.49. The summed E-state index contributed by atoms with van der Waals surface area (Å²) in [5, 5.41) is 21.4. The molecule has 0 unspecified atom stereocenters. The van der Waals surface area contributed by atoms with Crippen molar-refractivity contribution in [3.05, 3.63) is 39.7 Å². The van der Waals surface area contributed by atoms with Gasteiger partial charge in [-0.15, -0.1) is 10.2 Å². The van der Waals surface area contributed by atoms with E-state index in [1.165, 1.54) is 16.8 Å². The molecule has 0 saturated heterocycles. The van der Waals surface area contributed by atoms with Gasteiger partial charge in [0, 0.05) is 12.1 Å². The molecule has 0 radical (unpaired) electrons. The van der Waals surface area contributed by atoms with Crippen LogP contribution in [0.2, 0.25) is 0 Å². The van der Waals surface area contributed by atoms with E-state index in [0.717, 1.165) is 17.3 Å². The number of carbonyl (C=O) groups is 1. The van der Waals surface area contributed by atoms with Crippen LogP contribution >= 0.6 is 11.8 Å². The van der Waals surface area contributed by atoms with E-state index in [-0.39, 0.29) is 17.3 Å². The van der Waals surface area contributed by atoms with E-state index in [2.05, 4.69) is 15.5 Å². The number of aromatic nitrogens is 3. The molecule has 0 aliphatic carbocycles. The van der Waals surface area contributed by atoms with E-state index in [1.807, 2.05) is 0 Å². The lowest BCUT2D eigenvalue weighted by Gasteiger charge is -2.08. The maximum absolute atomic E-state index is 11.9. The molecule has 116 valence electrons. The average Bonchev–Trinajstić information content (AvgIpc) is 2.78. The lowest BCUT2D eigenvalue weighted by molar-refractivity contribution is -0.384. The zero-order valence-corrected chi connectivity index (χ0v) is 12.8. The number of nitrogens with two attached hydrogens (primary N) is 1. The molecule has 1 aromatic heterocycles. The summed E-state index contributed by atoms with van der Waals surface area (Å²) in [6.07, 6.45) is 0. The van der Waals surface area contributed by atoms with Crippen LogP contribution in [0.3, 0.4) is 0 Å². The Morgan fingerprint density at radius 3 is 2.77 bits per heavy atom. The number of amides is 1. The molecule has 2 rings (SSSR count). The zero-order valence-electron chi connectivity index (χ0n) is 11.9. The monoisotopic (exact) mass is 322 g/mol. The third-order valence-corrected chi connectivity index (χ3v) is 3.82. The molecule has 1 heterocycles. The minimum absolute atomic E-state index is 0.0669. The van der Waals surface area contributed by atoms with Gasteiger partial charge in [0.2, 0.25) is 11.1 Å². The van der Waals surface area contributed by atoms with Gasteiger partial charge >= 0.3 is 0 Å². The maximum atomic E-state index is 11.9. The number of non-ortho nitro benzene ring substituents is 1. The van der Waals surface area contributed by atoms with Crippen LogP contribution in [0.4, 0.5) is 11.4 Å². The van der Waals surface area contributed by atoms with Gasteiger partial charge < -0.3 is 11.2 Å². The van der Waals surface area contributed by atoms with E-state index in [9.17, 15) is 14.9 Å². The first-order valence-electron chi connectivity index (χ1n) is 6.23. The summed E-state index contributed by atoms with van der Waals surface area (Å²) >= 11 is 1.13. The molecule has 3 N–H and O–H groups in total. The van der Waals surface area contributed by atoms with Crippen LogP contribution in [0.1, 0.15) is 11.4 Å². The molecule has 9 nitrogen and oxygen atoms in total. The molecule has 10 heteroatoms. The molecule has 0 aliphatic rings. The van der Waals surface area contributed by atoms with Crippen molar-refractivity contribution < 1.29 is 9.72 Å². The number of nitro groups is 1. The number of carbonyl (C=O) groups excluding carboxylic acids is 1. The van der Waals surface area contributed by atoms with Gasteiger partial charge in [-0.2, -0.15) is 0 Å². The number of anilines is 1. The number of aryl methyl sites for hydroxylation is 2. The fraction of sp³-hybridized carbons (Fsp3) is 0.250. The molecule has 1 aromatic carbocycles. The van der Waals surface area contributed by atoms with E-state index in [0.29, 0.717) is 16.7 Å². The Labute approximate surface area is 130 Å². The van der Waals surface area contributed by atoms with Gasteiger partial charge in [-0.1, -0.05) is 17.8 Å². The Balaban J connectivity index is 2.01. The van der Waals surface area contributed by atoms with Crippen molar-refractivity contribution in [2.24, 2.45) is 0 Å². The molecule has 22 heavy (non-hydrogen) atoms. The maximum Gasteiger partial charge on any atom is 0.271 e. The third kappa shape index (κ3) is 3.52. The third-order valence-electron chi connectivity index (χ3n) is 2.87. The number of rotatable bonds is 5. The average molecular weight is 322 g/mol. The van der Waals surface area contributed by atoms with Crippen molar-refractivity contribution >= 4 is 29.0 Å². The van der Waals surface area contributed by atoms with E-state index < -0.39 is 4.92 Å². The largest absolute Gasteiger partial charge is 0.336 e. The lowest BCUT2D eigenvalue weighted by atomic mass is 10.2. The van der Waals surface area contributed by atoms with Crippen LogP contribution in [0, 0.1) is 24.0 Å². The summed E-state index contributed by atoms with van der Waals surface area (Å²) in [6, 6.07) is 4.30. The Hall–Kier alpha value is -2.62. The minimum Gasteiger partial charge on any atom is -0.336 e. The number of thioether (sulfide) groups is 1. The van der Waals surface area contributed by atoms with Gasteiger partial charge in [0.15, 0.2) is 0 Å². The van der Waals surface area contributed by atoms with Crippen LogP contribution in [0.25, 0.3) is 0 Å². The zero-order chi connectivity index (χ0) is 16.3. The van der Waals surface area contributed by atoms with Crippen LogP contribution < -0.4 is 11.2 Å². The van der Waals surface area contributed by atoms with E-state index >= 15 is 0 Å². The van der Waals surface area contributed by atoms with E-state index in [1.54, 1.807) is 19.9 Å². The Morgan fingerprint density at radius 1 is 1.45 bits per heavy atom. The molecule has 0 bridgehead atoms. The van der Waals surface area contributed by atoms with Gasteiger partial charge in [0.05, 0.1) is 16.4 Å². The second-order valence-corrected chi connectivity index (χ2v) is 5.44. The predicted molar refractivity (Wildman–Crippen MR) is 82.1 cm³/mol. The fourth-order valence-electron chi connectivity index (χ4n) is 1.62. The highest BCUT2D eigenvalue weighted by Crippen LogP contribution is 2.22. The normalized spacial score (nSPS) is 10.5. The topological polar surface area (TPSA) is 129 Å². The summed E-state index contributed by atoms with van der Waals surface area (Å²) in [6.45, 7) is 3.45. The first-order valence-corrected chi connectivity index (χ1v) is 7.22. The molecule has 2 aromatic rings. The highest BCUT2D eigenvalue weighted by molar-refractivity contribution is 7.99. The van der Waals surface area contributed by atoms with E-state index in [4.69, 9.17) is 5.84 Å². The molecule has 1 amide bonds. The summed E-state index contributed by atoms with van der Waals surface area (Å²) in [4.78, 5) is 22.2. The van der Waals surface area contributed by atoms with Crippen molar-refractivity contribution in [2.45, 2.75) is 19.0 Å². The second kappa shape index (κ2) is 6.43. The lowest BCUT2D eigenvalue weighted by Crippen LogP contribution is -2.17. The fourth-order valence-corrected chi connectivity index (χ4v) is 2.33. The Kier molecular flexibility index (Phi) is 4.61. The molecule has 0 saturated carbocycles. The van der Waals surface area contributed by atoms with Gasteiger partial charge in [0.1, 0.15) is 5.82 Å². The van der Waals surface area contributed by atoms with Crippen LogP contribution in [0.15, 0.2) is 23.4 Å². The predicted octanol–water partition coefficient (Wildman–Crippen LogP) is 1.25. The quantitative estimate of drug-likeness (QED) is 0.367. The van der Waals surface area contributed by atoms with Crippen molar-refractivity contribution in [1.29, 1.82) is 0 Å². The smallest absolute Gasteiger partial charge is 0.271 e. The number of nitrogens with zero attached hydrogens (tertiary/aromatic N) is 4. The van der Waals surface area contributed by atoms with Gasteiger partial charge in [-0.25, -0.2) is 4.68 Å². The summed E-state index contributed by atoms with van der Waals surface area (Å²) in [7, 11) is 0. The number of nitrogen functional groups attached to an aromatic ring is 1. The standard InChI is InChI=1S/C12H14N6O3S/c1-7-3-4-9(18(20)21)5-10(7)14-11(19)6-22-12-16-15-8(2)17(12)13/h3-5H,6,13H2,1-2H3,(H,14,19). The van der Waals surface area contributed by atoms with Crippen molar-refractivity contribution in [1.82, 2.24) is 14.9 Å². The molecule has 0 spiro atoms. The van der Waals surface area contributed by atoms with Gasteiger partial charge in [0.25, 0.3) is 5.69 Å². The number of nitro benzene ring substituents is 1. The van der Waals surface area contributed by atoms with Gasteiger partial charge in [-0.3, -0.25) is 14.9 Å². The first kappa shape index (κ1) is 15.8. The SMILES string of the molecule is Cc1ccc([N+](=O)[O-])cc1NC(=O)CSc1nnc(C)n1N. The molecular weight excluding hydrogens is 308 g/mol. The number of hydrogen-bond donors (Lipinski definition) is 2. The van der Waals surface area contributed by atoms with Crippen molar-refractivity contribution in [3.63, 3.8) is 0 Å². The van der Waals surface area contributed by atoms with Crippen LogP contribution in [-0.4, -0.2) is 31.5 Å². The van der Waals surface area contributed by atoms with Crippen LogP contribution in [-0.2, 0) is 4.79 Å². The molecule has 0 fully saturated rings. The number of hydrogen-bond acceptors (Lipinski definition) is 7. The summed E-state index contributed by atoms with van der Waals surface area (Å²) < 4.78 is 1.29. The number of benzene rings is 1. The summed E-state index contributed by atoms with van der Waals surface area (Å²) in [5.41, 5.74) is 1.07. The first-order chi connectivity index (χ1) is 10.4. The van der Waals surface area contributed by atoms with Gasteiger partial charge in [-0.05, 0) is 19.4 Å². The Bertz CT molecular complexity index is 730. The summed E-state index contributed by atoms with van der Waals surface area (Å²) in [5.74, 6) is 5.98. The highest BCUT2D eigenvalue weighted by Gasteiger charge is 2.13. The Morgan fingerprint density at radius 2 is 2.18 bits per heavy atom. The highest BCUT2D eigenvalue weighted by atomic mass is 32.2. The van der Waals surface area contributed by atoms with Crippen molar-refractivity contribution in [2.75, 3.05) is 16.9 Å². The molecule has 0 aliphatic heterocycles. The number of nitrogens with one attached hydrogen (secondary N) is 1. The molecule has 0 atom stereocenters.